The molecular weight excluding hydrogens is 358 g/mol. The molecule has 2 N–H and O–H groups in total. The van der Waals surface area contributed by atoms with Gasteiger partial charge in [0.1, 0.15) is 0 Å². The normalized spacial score (nSPS) is 11.5. The van der Waals surface area contributed by atoms with Crippen LogP contribution >= 0.6 is 27.7 Å². The molecule has 0 saturated carbocycles. The van der Waals surface area contributed by atoms with Gasteiger partial charge >= 0.3 is 0 Å². The Morgan fingerprint density at radius 2 is 2.05 bits per heavy atom. The molecule has 0 aromatic heterocycles. The third-order valence-electron chi connectivity index (χ3n) is 3.44. The predicted molar refractivity (Wildman–Crippen MR) is 101 cm³/mol. The van der Waals surface area contributed by atoms with Crippen LogP contribution in [0.25, 0.3) is 0 Å². The molecular formula is C17H20BrN3S. The molecule has 3 nitrogen and oxygen atoms in total. The second kappa shape index (κ2) is 7.70. The Morgan fingerprint density at radius 3 is 2.73 bits per heavy atom. The van der Waals surface area contributed by atoms with Crippen LogP contribution in [0, 0.1) is 0 Å². The van der Waals surface area contributed by atoms with Crippen LogP contribution in [0.5, 0.6) is 0 Å². The summed E-state index contributed by atoms with van der Waals surface area (Å²) in [5.74, 6) is 0.465. The molecule has 0 atom stereocenters. The number of rotatable bonds is 4. The van der Waals surface area contributed by atoms with Crippen LogP contribution < -0.4 is 10.6 Å². The number of hydrogen-bond donors (Lipinski definition) is 1. The minimum atomic E-state index is 0.465. The molecule has 0 unspecified atom stereocenters. The molecule has 0 fully saturated rings. The number of benzene rings is 2. The number of anilines is 1. The number of thioether (sulfide) groups is 1. The molecule has 0 amide bonds. The van der Waals surface area contributed by atoms with Crippen LogP contribution in [0.4, 0.5) is 11.4 Å². The largest absolute Gasteiger partial charge is 0.369 e. The van der Waals surface area contributed by atoms with E-state index in [9.17, 15) is 0 Å². The monoisotopic (exact) mass is 377 g/mol. The second-order valence-electron chi connectivity index (χ2n) is 4.87. The molecule has 5 heteroatoms. The number of aryl methyl sites for hydroxylation is 1. The van der Waals surface area contributed by atoms with E-state index in [4.69, 9.17) is 5.73 Å². The number of nitrogens with two attached hydrogens (primary N) is 1. The summed E-state index contributed by atoms with van der Waals surface area (Å²) in [5.41, 5.74) is 9.29. The summed E-state index contributed by atoms with van der Waals surface area (Å²) in [7, 11) is 1.93. The minimum Gasteiger partial charge on any atom is -0.369 e. The SMILES string of the molecule is CCc1ccc(Br)c(N=C(N)N(C)c2cccc(SC)c2)c1. The average Bonchev–Trinajstić information content (AvgIpc) is 2.56. The van der Waals surface area contributed by atoms with Crippen LogP contribution in [0.1, 0.15) is 12.5 Å². The highest BCUT2D eigenvalue weighted by atomic mass is 79.9. The highest BCUT2D eigenvalue weighted by Gasteiger charge is 2.08. The Morgan fingerprint density at radius 1 is 1.27 bits per heavy atom. The molecule has 2 aromatic carbocycles. The van der Waals surface area contributed by atoms with Crippen molar-refractivity contribution in [3.05, 3.63) is 52.5 Å². The summed E-state index contributed by atoms with van der Waals surface area (Å²) < 4.78 is 0.943. The van der Waals surface area contributed by atoms with Crippen molar-refractivity contribution < 1.29 is 0 Å². The van der Waals surface area contributed by atoms with Gasteiger partial charge in [0.2, 0.25) is 5.96 Å². The smallest absolute Gasteiger partial charge is 0.200 e. The summed E-state index contributed by atoms with van der Waals surface area (Å²) in [5, 5.41) is 0. The first-order valence-corrected chi connectivity index (χ1v) is 9.07. The Labute approximate surface area is 144 Å². The van der Waals surface area contributed by atoms with Gasteiger partial charge < -0.3 is 10.6 Å². The van der Waals surface area contributed by atoms with Crippen molar-refractivity contribution in [1.29, 1.82) is 0 Å². The number of aliphatic imine (C=N–C) groups is 1. The minimum absolute atomic E-state index is 0.465. The summed E-state index contributed by atoms with van der Waals surface area (Å²) in [6, 6.07) is 14.4. The first-order chi connectivity index (χ1) is 10.5. The average molecular weight is 378 g/mol. The van der Waals surface area contributed by atoms with Gasteiger partial charge in [-0.15, -0.1) is 11.8 Å². The highest BCUT2D eigenvalue weighted by Crippen LogP contribution is 2.27. The molecule has 0 heterocycles. The highest BCUT2D eigenvalue weighted by molar-refractivity contribution is 9.10. The summed E-state index contributed by atoms with van der Waals surface area (Å²) >= 11 is 5.24. The number of hydrogen-bond acceptors (Lipinski definition) is 2. The van der Waals surface area contributed by atoms with Gasteiger partial charge in [-0.2, -0.15) is 0 Å². The molecule has 0 bridgehead atoms. The summed E-state index contributed by atoms with van der Waals surface area (Å²) in [6.45, 7) is 2.13. The summed E-state index contributed by atoms with van der Waals surface area (Å²) in [4.78, 5) is 7.66. The molecule has 0 aliphatic carbocycles. The number of halogens is 1. The fourth-order valence-electron chi connectivity index (χ4n) is 2.01. The van der Waals surface area contributed by atoms with Crippen LogP contribution in [-0.2, 0) is 6.42 Å². The van der Waals surface area contributed by atoms with Crippen molar-refractivity contribution in [3.8, 4) is 0 Å². The van der Waals surface area contributed by atoms with Gasteiger partial charge in [-0.25, -0.2) is 4.99 Å². The molecule has 0 aliphatic rings. The van der Waals surface area contributed by atoms with Crippen molar-refractivity contribution in [2.75, 3.05) is 18.2 Å². The lowest BCUT2D eigenvalue weighted by Gasteiger charge is -2.19. The lowest BCUT2D eigenvalue weighted by atomic mass is 10.1. The van der Waals surface area contributed by atoms with E-state index in [2.05, 4.69) is 58.4 Å². The Bertz CT molecular complexity index is 685. The van der Waals surface area contributed by atoms with E-state index in [0.29, 0.717) is 5.96 Å². The van der Waals surface area contributed by atoms with Gasteiger partial charge in [0, 0.05) is 22.1 Å². The first-order valence-electron chi connectivity index (χ1n) is 7.05. The Hall–Kier alpha value is -1.46. The summed E-state index contributed by atoms with van der Waals surface area (Å²) in [6.07, 6.45) is 3.03. The molecule has 0 radical (unpaired) electrons. The molecule has 22 heavy (non-hydrogen) atoms. The predicted octanol–water partition coefficient (Wildman–Crippen LogP) is 4.82. The molecule has 0 aliphatic heterocycles. The Balaban J connectivity index is 2.31. The molecule has 2 rings (SSSR count). The first kappa shape index (κ1) is 16.9. The van der Waals surface area contributed by atoms with Crippen molar-refractivity contribution in [1.82, 2.24) is 0 Å². The van der Waals surface area contributed by atoms with Crippen LogP contribution in [-0.4, -0.2) is 19.3 Å². The lowest BCUT2D eigenvalue weighted by molar-refractivity contribution is 1.13. The molecule has 2 aromatic rings. The van der Waals surface area contributed by atoms with Crippen molar-refractivity contribution >= 4 is 45.0 Å². The third-order valence-corrected chi connectivity index (χ3v) is 4.83. The van der Waals surface area contributed by atoms with E-state index < -0.39 is 0 Å². The topological polar surface area (TPSA) is 41.6 Å². The zero-order chi connectivity index (χ0) is 16.1. The zero-order valence-corrected chi connectivity index (χ0v) is 15.4. The number of nitrogens with zero attached hydrogens (tertiary/aromatic N) is 2. The maximum atomic E-state index is 6.18. The fraction of sp³-hybridized carbons (Fsp3) is 0.235. The van der Waals surface area contributed by atoms with E-state index in [1.165, 1.54) is 10.5 Å². The standard InChI is InChI=1S/C17H20BrN3S/c1-4-12-8-9-15(18)16(10-12)20-17(19)21(2)13-6-5-7-14(11-13)22-3/h5-11H,4H2,1-3H3,(H2,19,20). The van der Waals surface area contributed by atoms with Crippen LogP contribution in [0.15, 0.2) is 56.8 Å². The van der Waals surface area contributed by atoms with E-state index in [1.807, 2.05) is 30.1 Å². The maximum absolute atomic E-state index is 6.18. The van der Waals surface area contributed by atoms with Gasteiger partial charge in [0.05, 0.1) is 5.69 Å². The van der Waals surface area contributed by atoms with Gasteiger partial charge in [-0.1, -0.05) is 19.1 Å². The van der Waals surface area contributed by atoms with Crippen LogP contribution in [0.2, 0.25) is 0 Å². The van der Waals surface area contributed by atoms with Gasteiger partial charge in [0.25, 0.3) is 0 Å². The Kier molecular flexibility index (Phi) is 5.91. The van der Waals surface area contributed by atoms with E-state index in [0.717, 1.165) is 22.3 Å². The zero-order valence-electron chi connectivity index (χ0n) is 13.0. The maximum Gasteiger partial charge on any atom is 0.200 e. The van der Waals surface area contributed by atoms with Gasteiger partial charge in [0.15, 0.2) is 0 Å². The van der Waals surface area contributed by atoms with Gasteiger partial charge in [-0.3, -0.25) is 0 Å². The molecule has 0 saturated heterocycles. The van der Waals surface area contributed by atoms with Gasteiger partial charge in [-0.05, 0) is 64.5 Å². The molecule has 116 valence electrons. The van der Waals surface area contributed by atoms with Crippen LogP contribution in [0.3, 0.4) is 0 Å². The third kappa shape index (κ3) is 4.05. The van der Waals surface area contributed by atoms with Crippen molar-refractivity contribution in [2.45, 2.75) is 18.2 Å². The van der Waals surface area contributed by atoms with E-state index in [1.54, 1.807) is 11.8 Å². The fourth-order valence-corrected chi connectivity index (χ4v) is 2.80. The van der Waals surface area contributed by atoms with E-state index >= 15 is 0 Å². The second-order valence-corrected chi connectivity index (χ2v) is 6.60. The molecule has 0 spiro atoms. The van der Waals surface area contributed by atoms with E-state index in [-0.39, 0.29) is 0 Å². The van der Waals surface area contributed by atoms with Crippen molar-refractivity contribution in [3.63, 3.8) is 0 Å². The lowest BCUT2D eigenvalue weighted by Crippen LogP contribution is -2.33. The number of guanidine groups is 1. The van der Waals surface area contributed by atoms with Crippen molar-refractivity contribution in [2.24, 2.45) is 10.7 Å². The quantitative estimate of drug-likeness (QED) is 0.471.